The molecule has 0 aliphatic heterocycles. The molecule has 0 aliphatic rings. The molecule has 0 bridgehead atoms. The molecule has 0 atom stereocenters. The van der Waals surface area contributed by atoms with Crippen molar-refractivity contribution in [3.05, 3.63) is 30.6 Å². The van der Waals surface area contributed by atoms with Crippen LogP contribution in [0.1, 0.15) is 20.3 Å². The molecule has 2 aromatic heterocycles. The van der Waals surface area contributed by atoms with Crippen LogP contribution in [-0.4, -0.2) is 29.1 Å². The summed E-state index contributed by atoms with van der Waals surface area (Å²) in [4.78, 5) is 4.25. The van der Waals surface area contributed by atoms with E-state index in [4.69, 9.17) is 4.74 Å². The van der Waals surface area contributed by atoms with Crippen LogP contribution in [0.5, 0.6) is 0 Å². The summed E-state index contributed by atoms with van der Waals surface area (Å²) < 4.78 is 7.60. The Kier molecular flexibility index (Phi) is 4.59. The van der Waals surface area contributed by atoms with E-state index in [-0.39, 0.29) is 0 Å². The zero-order valence-corrected chi connectivity index (χ0v) is 11.1. The highest BCUT2D eigenvalue weighted by Crippen LogP contribution is 2.10. The van der Waals surface area contributed by atoms with Crippen molar-refractivity contribution in [1.29, 1.82) is 0 Å². The molecule has 1 N–H and O–H groups in total. The predicted molar refractivity (Wildman–Crippen MR) is 74.0 cm³/mol. The van der Waals surface area contributed by atoms with E-state index in [9.17, 15) is 0 Å². The zero-order chi connectivity index (χ0) is 12.8. The molecule has 2 heterocycles. The number of nitrogens with one attached hydrogen (secondary N) is 1. The van der Waals surface area contributed by atoms with Gasteiger partial charge in [-0.1, -0.05) is 19.9 Å². The Balaban J connectivity index is 1.75. The monoisotopic (exact) mass is 247 g/mol. The summed E-state index contributed by atoms with van der Waals surface area (Å²) in [5.74, 6) is 1.69. The number of aromatic nitrogens is 2. The van der Waals surface area contributed by atoms with Crippen LogP contribution in [0, 0.1) is 5.92 Å². The van der Waals surface area contributed by atoms with Crippen molar-refractivity contribution in [3.63, 3.8) is 0 Å². The first kappa shape index (κ1) is 12.9. The van der Waals surface area contributed by atoms with Crippen molar-refractivity contribution in [2.75, 3.05) is 25.1 Å². The molecule has 4 nitrogen and oxygen atoms in total. The summed E-state index contributed by atoms with van der Waals surface area (Å²) in [6, 6.07) is 6.07. The predicted octanol–water partition coefficient (Wildman–Crippen LogP) is 2.81. The Morgan fingerprint density at radius 1 is 1.39 bits per heavy atom. The van der Waals surface area contributed by atoms with Crippen molar-refractivity contribution in [2.45, 2.75) is 20.3 Å². The molecular formula is C14H21N3O. The third-order valence-electron chi connectivity index (χ3n) is 2.65. The van der Waals surface area contributed by atoms with Gasteiger partial charge >= 0.3 is 0 Å². The van der Waals surface area contributed by atoms with Crippen molar-refractivity contribution in [2.24, 2.45) is 5.92 Å². The molecule has 2 rings (SSSR count). The fraction of sp³-hybridized carbons (Fsp3) is 0.500. The number of nitrogens with zero attached hydrogens (tertiary/aromatic N) is 2. The van der Waals surface area contributed by atoms with Gasteiger partial charge in [0.1, 0.15) is 11.5 Å². The Hall–Kier alpha value is -1.55. The first-order valence-electron chi connectivity index (χ1n) is 6.51. The molecule has 0 saturated carbocycles. The highest BCUT2D eigenvalue weighted by Gasteiger charge is 1.99. The second-order valence-corrected chi connectivity index (χ2v) is 4.82. The normalized spacial score (nSPS) is 11.3. The van der Waals surface area contributed by atoms with Gasteiger partial charge < -0.3 is 10.1 Å². The Morgan fingerprint density at radius 3 is 3.11 bits per heavy atom. The van der Waals surface area contributed by atoms with E-state index in [2.05, 4.69) is 34.6 Å². The van der Waals surface area contributed by atoms with Gasteiger partial charge in [-0.25, -0.2) is 4.98 Å². The maximum absolute atomic E-state index is 5.55. The van der Waals surface area contributed by atoms with E-state index in [1.807, 2.05) is 24.5 Å². The highest BCUT2D eigenvalue weighted by molar-refractivity contribution is 5.49. The lowest BCUT2D eigenvalue weighted by molar-refractivity contribution is 0.110. The number of anilines is 1. The molecule has 4 heteroatoms. The van der Waals surface area contributed by atoms with Gasteiger partial charge in [-0.3, -0.25) is 4.40 Å². The molecule has 0 aliphatic carbocycles. The molecule has 18 heavy (non-hydrogen) atoms. The van der Waals surface area contributed by atoms with Crippen LogP contribution >= 0.6 is 0 Å². The summed E-state index contributed by atoms with van der Waals surface area (Å²) in [7, 11) is 0. The first-order valence-corrected chi connectivity index (χ1v) is 6.51. The van der Waals surface area contributed by atoms with E-state index >= 15 is 0 Å². The Labute approximate surface area is 108 Å². The van der Waals surface area contributed by atoms with Crippen LogP contribution in [-0.2, 0) is 4.74 Å². The average Bonchev–Trinajstić information content (AvgIpc) is 2.82. The van der Waals surface area contributed by atoms with Gasteiger partial charge in [0, 0.05) is 32.2 Å². The SMILES string of the molecule is CC(C)COCCCNc1cccc2nccn12. The van der Waals surface area contributed by atoms with Crippen LogP contribution in [0.25, 0.3) is 5.65 Å². The van der Waals surface area contributed by atoms with Gasteiger partial charge in [0.2, 0.25) is 0 Å². The van der Waals surface area contributed by atoms with E-state index in [0.29, 0.717) is 5.92 Å². The molecule has 0 spiro atoms. The summed E-state index contributed by atoms with van der Waals surface area (Å²) in [6.45, 7) is 6.90. The number of fused-ring (bicyclic) bond motifs is 1. The lowest BCUT2D eigenvalue weighted by Crippen LogP contribution is -2.10. The van der Waals surface area contributed by atoms with E-state index in [0.717, 1.165) is 37.6 Å². The smallest absolute Gasteiger partial charge is 0.138 e. The van der Waals surface area contributed by atoms with Gasteiger partial charge in [0.25, 0.3) is 0 Å². The van der Waals surface area contributed by atoms with Crippen molar-refractivity contribution < 1.29 is 4.74 Å². The minimum absolute atomic E-state index is 0.609. The lowest BCUT2D eigenvalue weighted by Gasteiger charge is -2.10. The molecular weight excluding hydrogens is 226 g/mol. The van der Waals surface area contributed by atoms with Crippen LogP contribution in [0.3, 0.4) is 0 Å². The quantitative estimate of drug-likeness (QED) is 0.765. The lowest BCUT2D eigenvalue weighted by atomic mass is 10.2. The summed E-state index contributed by atoms with van der Waals surface area (Å²) in [5, 5.41) is 3.40. The van der Waals surface area contributed by atoms with E-state index in [1.54, 1.807) is 0 Å². The summed E-state index contributed by atoms with van der Waals surface area (Å²) in [6.07, 6.45) is 4.79. The second-order valence-electron chi connectivity index (χ2n) is 4.82. The number of imidazole rings is 1. The minimum Gasteiger partial charge on any atom is -0.381 e. The van der Waals surface area contributed by atoms with E-state index in [1.165, 1.54) is 0 Å². The van der Waals surface area contributed by atoms with Gasteiger partial charge in [-0.15, -0.1) is 0 Å². The standard InChI is InChI=1S/C14H21N3O/c1-12(2)11-18-10-4-7-15-13-5-3-6-14-16-8-9-17(13)14/h3,5-6,8-9,12,15H,4,7,10-11H2,1-2H3. The molecule has 2 aromatic rings. The number of hydrogen-bond donors (Lipinski definition) is 1. The number of rotatable bonds is 7. The zero-order valence-electron chi connectivity index (χ0n) is 11.1. The maximum Gasteiger partial charge on any atom is 0.138 e. The number of hydrogen-bond acceptors (Lipinski definition) is 3. The number of pyridine rings is 1. The number of ether oxygens (including phenoxy) is 1. The molecule has 0 aromatic carbocycles. The van der Waals surface area contributed by atoms with Crippen molar-refractivity contribution >= 4 is 11.5 Å². The van der Waals surface area contributed by atoms with Gasteiger partial charge in [-0.05, 0) is 24.5 Å². The molecule has 0 radical (unpaired) electrons. The van der Waals surface area contributed by atoms with Crippen LogP contribution in [0.4, 0.5) is 5.82 Å². The molecule has 98 valence electrons. The first-order chi connectivity index (χ1) is 8.77. The molecule has 0 amide bonds. The third-order valence-corrected chi connectivity index (χ3v) is 2.65. The molecule has 0 saturated heterocycles. The van der Waals surface area contributed by atoms with Gasteiger partial charge in [-0.2, -0.15) is 0 Å². The second kappa shape index (κ2) is 6.40. The van der Waals surface area contributed by atoms with Crippen molar-refractivity contribution in [1.82, 2.24) is 9.38 Å². The summed E-state index contributed by atoms with van der Waals surface area (Å²) >= 11 is 0. The van der Waals surface area contributed by atoms with Gasteiger partial charge in [0.15, 0.2) is 0 Å². The maximum atomic E-state index is 5.55. The highest BCUT2D eigenvalue weighted by atomic mass is 16.5. The largest absolute Gasteiger partial charge is 0.381 e. The molecule has 0 unspecified atom stereocenters. The van der Waals surface area contributed by atoms with Crippen LogP contribution in [0.15, 0.2) is 30.6 Å². The Morgan fingerprint density at radius 2 is 2.28 bits per heavy atom. The van der Waals surface area contributed by atoms with Crippen molar-refractivity contribution in [3.8, 4) is 0 Å². The fourth-order valence-corrected chi connectivity index (χ4v) is 1.80. The third kappa shape index (κ3) is 3.47. The minimum atomic E-state index is 0.609. The van der Waals surface area contributed by atoms with E-state index < -0.39 is 0 Å². The fourth-order valence-electron chi connectivity index (χ4n) is 1.80. The molecule has 0 fully saturated rings. The topological polar surface area (TPSA) is 38.6 Å². The Bertz CT molecular complexity index is 479. The van der Waals surface area contributed by atoms with Crippen LogP contribution < -0.4 is 5.32 Å². The van der Waals surface area contributed by atoms with Crippen LogP contribution in [0.2, 0.25) is 0 Å². The summed E-state index contributed by atoms with van der Waals surface area (Å²) in [5.41, 5.74) is 0.969. The average molecular weight is 247 g/mol. The van der Waals surface area contributed by atoms with Gasteiger partial charge in [0.05, 0.1) is 0 Å².